The summed E-state index contributed by atoms with van der Waals surface area (Å²) in [4.78, 5) is 20.2. The molecule has 1 N–H and O–H groups in total. The molecule has 130 valence electrons. The molecule has 7 heteroatoms. The van der Waals surface area contributed by atoms with Gasteiger partial charge in [-0.05, 0) is 47.9 Å². The number of anilines is 1. The number of nitrogens with one attached hydrogen (secondary N) is 1. The molecule has 0 radical (unpaired) electrons. The Morgan fingerprint density at radius 2 is 1.81 bits per heavy atom. The Kier molecular flexibility index (Phi) is 5.15. The predicted molar refractivity (Wildman–Crippen MR) is 95.1 cm³/mol. The van der Waals surface area contributed by atoms with Crippen LogP contribution < -0.4 is 5.32 Å². The molecule has 0 aliphatic heterocycles. The van der Waals surface area contributed by atoms with E-state index in [-0.39, 0.29) is 11.3 Å². The van der Waals surface area contributed by atoms with Crippen molar-refractivity contribution in [3.8, 4) is 12.1 Å². The molecule has 2 aromatic heterocycles. The van der Waals surface area contributed by atoms with Crippen molar-refractivity contribution in [2.75, 3.05) is 5.32 Å². The van der Waals surface area contributed by atoms with E-state index in [1.807, 2.05) is 12.1 Å². The third-order valence-corrected chi connectivity index (χ3v) is 3.75. The van der Waals surface area contributed by atoms with Gasteiger partial charge >= 0.3 is 0 Å². The quantitative estimate of drug-likeness (QED) is 0.772. The van der Waals surface area contributed by atoms with E-state index in [9.17, 15) is 9.18 Å². The van der Waals surface area contributed by atoms with Crippen molar-refractivity contribution >= 4 is 11.7 Å². The summed E-state index contributed by atoms with van der Waals surface area (Å²) in [7, 11) is 0. The minimum absolute atomic E-state index is 0.000686. The first-order valence-corrected chi connectivity index (χ1v) is 7.90. The minimum atomic E-state index is -0.547. The van der Waals surface area contributed by atoms with Gasteiger partial charge in [0.05, 0.1) is 11.1 Å². The van der Waals surface area contributed by atoms with Gasteiger partial charge in [-0.15, -0.1) is 0 Å². The molecule has 6 nitrogen and oxygen atoms in total. The van der Waals surface area contributed by atoms with Gasteiger partial charge in [-0.1, -0.05) is 12.1 Å². The highest BCUT2D eigenvalue weighted by Gasteiger charge is 2.09. The number of nitriles is 2. The Morgan fingerprint density at radius 1 is 1.00 bits per heavy atom. The number of nitrogens with zero attached hydrogens (tertiary/aromatic N) is 4. The zero-order chi connectivity index (χ0) is 19.2. The fourth-order valence-electron chi connectivity index (χ4n) is 2.38. The first kappa shape index (κ1) is 17.7. The van der Waals surface area contributed by atoms with Gasteiger partial charge < -0.3 is 5.32 Å². The second-order valence-corrected chi connectivity index (χ2v) is 5.65. The van der Waals surface area contributed by atoms with Crippen molar-refractivity contribution in [2.45, 2.75) is 6.42 Å². The lowest BCUT2D eigenvalue weighted by molar-refractivity contribution is 0.102. The fourth-order valence-corrected chi connectivity index (χ4v) is 2.38. The number of pyridine rings is 2. The molecule has 2 heterocycles. The van der Waals surface area contributed by atoms with Gasteiger partial charge in [0.15, 0.2) is 0 Å². The molecule has 3 rings (SSSR count). The molecule has 0 aliphatic carbocycles. The monoisotopic (exact) mass is 357 g/mol. The maximum absolute atomic E-state index is 13.4. The van der Waals surface area contributed by atoms with E-state index in [0.29, 0.717) is 17.8 Å². The third kappa shape index (κ3) is 4.30. The summed E-state index contributed by atoms with van der Waals surface area (Å²) in [5.41, 5.74) is 2.18. The number of amides is 1. The molecule has 0 aliphatic rings. The largest absolute Gasteiger partial charge is 0.305 e. The van der Waals surface area contributed by atoms with Gasteiger partial charge in [-0.25, -0.2) is 14.4 Å². The lowest BCUT2D eigenvalue weighted by Gasteiger charge is -2.06. The molecular weight excluding hydrogens is 345 g/mol. The normalized spacial score (nSPS) is 9.89. The number of aromatic nitrogens is 2. The van der Waals surface area contributed by atoms with Crippen LogP contribution in [0.1, 0.15) is 32.7 Å². The van der Waals surface area contributed by atoms with Crippen LogP contribution in [0.3, 0.4) is 0 Å². The van der Waals surface area contributed by atoms with Crippen molar-refractivity contribution in [2.24, 2.45) is 0 Å². The average Bonchev–Trinajstić information content (AvgIpc) is 2.71. The lowest BCUT2D eigenvalue weighted by atomic mass is 10.0. The highest BCUT2D eigenvalue weighted by Crippen LogP contribution is 2.15. The molecule has 27 heavy (non-hydrogen) atoms. The minimum Gasteiger partial charge on any atom is -0.305 e. The number of hydrogen-bond donors (Lipinski definition) is 1. The molecular formula is C20H12FN5O. The van der Waals surface area contributed by atoms with Crippen molar-refractivity contribution < 1.29 is 9.18 Å². The highest BCUT2D eigenvalue weighted by atomic mass is 19.1. The van der Waals surface area contributed by atoms with Gasteiger partial charge in [0.1, 0.15) is 29.5 Å². The third-order valence-electron chi connectivity index (χ3n) is 3.75. The molecule has 0 unspecified atom stereocenters. The average molecular weight is 357 g/mol. The van der Waals surface area contributed by atoms with Crippen LogP contribution in [-0.4, -0.2) is 15.9 Å². The zero-order valence-corrected chi connectivity index (χ0v) is 14.0. The summed E-state index contributed by atoms with van der Waals surface area (Å²) in [5.74, 6) is -0.627. The summed E-state index contributed by atoms with van der Waals surface area (Å²) in [6, 6.07) is 14.5. The summed E-state index contributed by atoms with van der Waals surface area (Å²) in [6.07, 6.45) is 3.40. The van der Waals surface area contributed by atoms with Gasteiger partial charge in [0, 0.05) is 12.4 Å². The molecule has 0 bridgehead atoms. The Bertz CT molecular complexity index is 1060. The van der Waals surface area contributed by atoms with Crippen LogP contribution in [0, 0.1) is 28.5 Å². The van der Waals surface area contributed by atoms with E-state index < -0.39 is 11.7 Å². The maximum atomic E-state index is 13.4. The molecule has 0 saturated carbocycles. The smallest absolute Gasteiger partial charge is 0.275 e. The number of benzene rings is 1. The number of carbonyl (C=O) groups is 1. The van der Waals surface area contributed by atoms with E-state index in [0.717, 1.165) is 11.1 Å². The Balaban J connectivity index is 1.67. The highest BCUT2D eigenvalue weighted by molar-refractivity contribution is 6.02. The van der Waals surface area contributed by atoms with E-state index in [1.165, 1.54) is 30.5 Å². The molecule has 0 saturated heterocycles. The predicted octanol–water partition coefficient (Wildman–Crippen LogP) is 3.20. The second-order valence-electron chi connectivity index (χ2n) is 5.65. The van der Waals surface area contributed by atoms with Crippen LogP contribution in [0.15, 0.2) is 54.9 Å². The van der Waals surface area contributed by atoms with Gasteiger partial charge in [-0.2, -0.15) is 10.5 Å². The summed E-state index contributed by atoms with van der Waals surface area (Å²) >= 11 is 0. The molecule has 1 amide bonds. The molecule has 1 aromatic carbocycles. The van der Waals surface area contributed by atoms with Crippen LogP contribution in [0.4, 0.5) is 10.2 Å². The number of halogens is 1. The summed E-state index contributed by atoms with van der Waals surface area (Å²) in [6.45, 7) is 0. The second kappa shape index (κ2) is 7.85. The van der Waals surface area contributed by atoms with E-state index in [4.69, 9.17) is 10.5 Å². The summed E-state index contributed by atoms with van der Waals surface area (Å²) < 4.78 is 13.4. The Labute approximate surface area is 154 Å². The summed E-state index contributed by atoms with van der Waals surface area (Å²) in [5, 5.41) is 20.3. The first-order valence-electron chi connectivity index (χ1n) is 7.90. The van der Waals surface area contributed by atoms with Crippen LogP contribution in [-0.2, 0) is 6.42 Å². The van der Waals surface area contributed by atoms with E-state index >= 15 is 0 Å². The molecule has 3 aromatic rings. The number of hydrogen-bond acceptors (Lipinski definition) is 5. The lowest BCUT2D eigenvalue weighted by Crippen LogP contribution is -2.14. The topological polar surface area (TPSA) is 102 Å². The van der Waals surface area contributed by atoms with Crippen molar-refractivity contribution in [3.05, 3.63) is 88.6 Å². The standard InChI is InChI=1S/C20H12FN5O/c21-17-4-1-13(8-16(17)10-23)7-14-3-6-19(25-11-14)26-20(27)18-5-2-15(9-22)12-24-18/h1-6,8,11-12H,7H2,(H,25,26,27). The van der Waals surface area contributed by atoms with E-state index in [1.54, 1.807) is 24.4 Å². The van der Waals surface area contributed by atoms with Crippen molar-refractivity contribution in [1.29, 1.82) is 10.5 Å². The molecule has 0 spiro atoms. The van der Waals surface area contributed by atoms with Crippen molar-refractivity contribution in [1.82, 2.24) is 9.97 Å². The number of rotatable bonds is 4. The van der Waals surface area contributed by atoms with Crippen LogP contribution in [0.5, 0.6) is 0 Å². The maximum Gasteiger partial charge on any atom is 0.275 e. The number of carbonyl (C=O) groups excluding carboxylic acids is 1. The fraction of sp³-hybridized carbons (Fsp3) is 0.0500. The zero-order valence-electron chi connectivity index (χ0n) is 14.0. The first-order chi connectivity index (χ1) is 13.1. The molecule has 0 atom stereocenters. The van der Waals surface area contributed by atoms with Crippen LogP contribution in [0.2, 0.25) is 0 Å². The molecule has 0 fully saturated rings. The van der Waals surface area contributed by atoms with Gasteiger partial charge in [0.25, 0.3) is 5.91 Å². The van der Waals surface area contributed by atoms with Crippen LogP contribution >= 0.6 is 0 Å². The van der Waals surface area contributed by atoms with Crippen molar-refractivity contribution in [3.63, 3.8) is 0 Å². The van der Waals surface area contributed by atoms with Crippen LogP contribution in [0.25, 0.3) is 0 Å². The van der Waals surface area contributed by atoms with Gasteiger partial charge in [0.2, 0.25) is 0 Å². The van der Waals surface area contributed by atoms with E-state index in [2.05, 4.69) is 15.3 Å². The Hall–Kier alpha value is -4.10. The Morgan fingerprint density at radius 3 is 2.44 bits per heavy atom. The van der Waals surface area contributed by atoms with Gasteiger partial charge in [-0.3, -0.25) is 4.79 Å². The SMILES string of the molecule is N#Cc1ccc(C(=O)Nc2ccc(Cc3ccc(F)c(C#N)c3)cn2)nc1.